The van der Waals surface area contributed by atoms with E-state index < -0.39 is 0 Å². The molecule has 2 aromatic rings. The zero-order chi connectivity index (χ0) is 12.8. The summed E-state index contributed by atoms with van der Waals surface area (Å²) in [4.78, 5) is 1.23. The van der Waals surface area contributed by atoms with Crippen LogP contribution in [0.15, 0.2) is 53.4 Å². The number of ether oxygens (including phenoxy) is 1. The van der Waals surface area contributed by atoms with Crippen molar-refractivity contribution in [2.75, 3.05) is 6.26 Å². The van der Waals surface area contributed by atoms with Gasteiger partial charge in [-0.2, -0.15) is 0 Å². The Morgan fingerprint density at radius 1 is 0.944 bits per heavy atom. The van der Waals surface area contributed by atoms with E-state index in [4.69, 9.17) is 9.84 Å². The summed E-state index contributed by atoms with van der Waals surface area (Å²) in [7, 11) is 0. The van der Waals surface area contributed by atoms with Gasteiger partial charge in [0.05, 0.1) is 6.61 Å². The Labute approximate surface area is 112 Å². The molecule has 0 bridgehead atoms. The third-order valence-electron chi connectivity index (χ3n) is 2.67. The Morgan fingerprint density at radius 2 is 1.56 bits per heavy atom. The van der Waals surface area contributed by atoms with Crippen molar-refractivity contribution in [2.45, 2.75) is 18.1 Å². The van der Waals surface area contributed by atoms with Gasteiger partial charge in [-0.25, -0.2) is 0 Å². The van der Waals surface area contributed by atoms with Gasteiger partial charge in [0.15, 0.2) is 0 Å². The van der Waals surface area contributed by atoms with E-state index in [1.807, 2.05) is 36.4 Å². The molecular formula is C15H16O2S. The van der Waals surface area contributed by atoms with Gasteiger partial charge in [-0.15, -0.1) is 11.8 Å². The molecule has 0 spiro atoms. The summed E-state index contributed by atoms with van der Waals surface area (Å²) in [5, 5.41) is 8.95. The second kappa shape index (κ2) is 6.47. The van der Waals surface area contributed by atoms with Gasteiger partial charge in [0.1, 0.15) is 12.4 Å². The molecule has 0 radical (unpaired) electrons. The van der Waals surface area contributed by atoms with Crippen LogP contribution >= 0.6 is 11.8 Å². The number of hydrogen-bond donors (Lipinski definition) is 1. The predicted molar refractivity (Wildman–Crippen MR) is 74.9 cm³/mol. The lowest BCUT2D eigenvalue weighted by Crippen LogP contribution is -1.95. The van der Waals surface area contributed by atoms with E-state index in [1.54, 1.807) is 11.8 Å². The Morgan fingerprint density at radius 3 is 2.11 bits per heavy atom. The third-order valence-corrected chi connectivity index (χ3v) is 3.41. The molecule has 94 valence electrons. The molecule has 3 heteroatoms. The average molecular weight is 260 g/mol. The fraction of sp³-hybridized carbons (Fsp3) is 0.200. The maximum atomic E-state index is 8.95. The first-order valence-corrected chi connectivity index (χ1v) is 7.00. The minimum atomic E-state index is 0.0806. The minimum absolute atomic E-state index is 0.0806. The van der Waals surface area contributed by atoms with Gasteiger partial charge < -0.3 is 9.84 Å². The van der Waals surface area contributed by atoms with Crippen molar-refractivity contribution in [1.82, 2.24) is 0 Å². The van der Waals surface area contributed by atoms with E-state index in [1.165, 1.54) is 4.90 Å². The van der Waals surface area contributed by atoms with E-state index in [0.717, 1.165) is 16.9 Å². The van der Waals surface area contributed by atoms with Crippen molar-refractivity contribution in [3.63, 3.8) is 0 Å². The molecule has 0 aliphatic carbocycles. The Bertz CT molecular complexity index is 429. The fourth-order valence-electron chi connectivity index (χ4n) is 1.58. The Balaban J connectivity index is 1.93. The third kappa shape index (κ3) is 3.52. The summed E-state index contributed by atoms with van der Waals surface area (Å²) in [6.07, 6.45) is 2.05. The summed E-state index contributed by atoms with van der Waals surface area (Å²) < 4.78 is 5.69. The Kier molecular flexibility index (Phi) is 4.67. The first-order valence-electron chi connectivity index (χ1n) is 5.77. The number of benzene rings is 2. The molecule has 0 aromatic heterocycles. The van der Waals surface area contributed by atoms with Gasteiger partial charge in [0.25, 0.3) is 0 Å². The highest BCUT2D eigenvalue weighted by Gasteiger charge is 1.97. The highest BCUT2D eigenvalue weighted by molar-refractivity contribution is 7.98. The van der Waals surface area contributed by atoms with Crippen LogP contribution in [-0.2, 0) is 13.2 Å². The molecule has 0 saturated carbocycles. The molecule has 18 heavy (non-hydrogen) atoms. The number of thioether (sulfide) groups is 1. The number of hydrogen-bond acceptors (Lipinski definition) is 3. The highest BCUT2D eigenvalue weighted by atomic mass is 32.2. The molecule has 0 heterocycles. The van der Waals surface area contributed by atoms with Crippen molar-refractivity contribution < 1.29 is 9.84 Å². The molecule has 0 aliphatic rings. The maximum Gasteiger partial charge on any atom is 0.119 e. The molecule has 1 N–H and O–H groups in total. The molecule has 2 aromatic carbocycles. The van der Waals surface area contributed by atoms with Gasteiger partial charge in [-0.1, -0.05) is 24.3 Å². The van der Waals surface area contributed by atoms with E-state index >= 15 is 0 Å². The second-order valence-electron chi connectivity index (χ2n) is 3.94. The first-order chi connectivity index (χ1) is 8.81. The molecule has 0 fully saturated rings. The number of aliphatic hydroxyl groups excluding tert-OH is 1. The summed E-state index contributed by atoms with van der Waals surface area (Å²) >= 11 is 1.72. The molecule has 0 atom stereocenters. The predicted octanol–water partition coefficient (Wildman–Crippen LogP) is 3.48. The van der Waals surface area contributed by atoms with E-state index in [2.05, 4.69) is 18.4 Å². The maximum absolute atomic E-state index is 8.95. The van der Waals surface area contributed by atoms with Gasteiger partial charge in [-0.05, 0) is 41.6 Å². The lowest BCUT2D eigenvalue weighted by Gasteiger charge is -2.07. The Hall–Kier alpha value is -1.45. The lowest BCUT2D eigenvalue weighted by molar-refractivity contribution is 0.281. The minimum Gasteiger partial charge on any atom is -0.489 e. The van der Waals surface area contributed by atoms with Crippen LogP contribution in [0, 0.1) is 0 Å². The lowest BCUT2D eigenvalue weighted by atomic mass is 10.1. The zero-order valence-electron chi connectivity index (χ0n) is 10.3. The van der Waals surface area contributed by atoms with E-state index in [9.17, 15) is 0 Å². The van der Waals surface area contributed by atoms with E-state index in [-0.39, 0.29) is 6.61 Å². The van der Waals surface area contributed by atoms with Gasteiger partial charge in [0.2, 0.25) is 0 Å². The van der Waals surface area contributed by atoms with Crippen LogP contribution in [0.25, 0.3) is 0 Å². The summed E-state index contributed by atoms with van der Waals surface area (Å²) in [5.74, 6) is 0.874. The van der Waals surface area contributed by atoms with Crippen molar-refractivity contribution in [1.29, 1.82) is 0 Å². The quantitative estimate of drug-likeness (QED) is 0.835. The van der Waals surface area contributed by atoms with Crippen molar-refractivity contribution >= 4 is 11.8 Å². The molecule has 0 saturated heterocycles. The van der Waals surface area contributed by atoms with Gasteiger partial charge in [-0.3, -0.25) is 0 Å². The molecule has 0 aliphatic heterocycles. The van der Waals surface area contributed by atoms with Gasteiger partial charge >= 0.3 is 0 Å². The van der Waals surface area contributed by atoms with Crippen molar-refractivity contribution in [3.05, 3.63) is 59.7 Å². The van der Waals surface area contributed by atoms with Crippen molar-refractivity contribution in [3.8, 4) is 5.75 Å². The van der Waals surface area contributed by atoms with Crippen LogP contribution in [0.4, 0.5) is 0 Å². The fourth-order valence-corrected chi connectivity index (χ4v) is 1.99. The standard InChI is InChI=1S/C15H16O2S/c1-18-15-8-6-14(7-9-15)17-11-13-4-2-12(10-16)3-5-13/h2-9,16H,10-11H2,1H3. The second-order valence-corrected chi connectivity index (χ2v) is 4.82. The average Bonchev–Trinajstić information content (AvgIpc) is 2.46. The number of rotatable bonds is 5. The van der Waals surface area contributed by atoms with Crippen LogP contribution in [0.1, 0.15) is 11.1 Å². The molecule has 2 rings (SSSR count). The van der Waals surface area contributed by atoms with Crippen molar-refractivity contribution in [2.24, 2.45) is 0 Å². The topological polar surface area (TPSA) is 29.5 Å². The smallest absolute Gasteiger partial charge is 0.119 e. The number of aliphatic hydroxyl groups is 1. The molecule has 0 unspecified atom stereocenters. The molecule has 2 nitrogen and oxygen atoms in total. The summed E-state index contributed by atoms with van der Waals surface area (Å²) in [5.41, 5.74) is 2.02. The zero-order valence-corrected chi connectivity index (χ0v) is 11.1. The largest absolute Gasteiger partial charge is 0.489 e. The van der Waals surface area contributed by atoms with E-state index in [0.29, 0.717) is 6.61 Å². The van der Waals surface area contributed by atoms with Crippen LogP contribution < -0.4 is 4.74 Å². The highest BCUT2D eigenvalue weighted by Crippen LogP contribution is 2.19. The molecule has 0 amide bonds. The van der Waals surface area contributed by atoms with Crippen LogP contribution in [-0.4, -0.2) is 11.4 Å². The SMILES string of the molecule is CSc1ccc(OCc2ccc(CO)cc2)cc1. The van der Waals surface area contributed by atoms with Gasteiger partial charge in [0, 0.05) is 4.90 Å². The van der Waals surface area contributed by atoms with Crippen LogP contribution in [0.3, 0.4) is 0 Å². The molecular weight excluding hydrogens is 244 g/mol. The summed E-state index contributed by atoms with van der Waals surface area (Å²) in [6.45, 7) is 0.627. The first kappa shape index (κ1) is 13.0. The van der Waals surface area contributed by atoms with Crippen LogP contribution in [0.2, 0.25) is 0 Å². The van der Waals surface area contributed by atoms with Crippen LogP contribution in [0.5, 0.6) is 5.75 Å². The monoisotopic (exact) mass is 260 g/mol. The summed E-state index contributed by atoms with van der Waals surface area (Å²) in [6, 6.07) is 15.8. The normalized spacial score (nSPS) is 10.3.